The highest BCUT2D eigenvalue weighted by molar-refractivity contribution is 5.95. The summed E-state index contributed by atoms with van der Waals surface area (Å²) < 4.78 is 38.9. The number of carbonyl (C=O) groups excluding carboxylic acids is 1. The number of hydrogen-bond donors (Lipinski definition) is 2. The zero-order valence-electron chi connectivity index (χ0n) is 16.9. The van der Waals surface area contributed by atoms with Crippen LogP contribution in [0.2, 0.25) is 0 Å². The van der Waals surface area contributed by atoms with E-state index in [-0.39, 0.29) is 11.9 Å². The van der Waals surface area contributed by atoms with Crippen molar-refractivity contribution < 1.29 is 22.9 Å². The molecule has 2 aromatic rings. The van der Waals surface area contributed by atoms with Gasteiger partial charge in [0.2, 0.25) is 0 Å². The number of anilines is 2. The normalized spacial score (nSPS) is 16.6. The fourth-order valence-corrected chi connectivity index (χ4v) is 3.79. The van der Waals surface area contributed by atoms with E-state index in [1.807, 2.05) is 43.9 Å². The molecule has 156 valence electrons. The molecule has 1 amide bonds. The van der Waals surface area contributed by atoms with Crippen molar-refractivity contribution >= 4 is 17.3 Å². The third-order valence-electron chi connectivity index (χ3n) is 5.68. The molecule has 0 unspecified atom stereocenters. The summed E-state index contributed by atoms with van der Waals surface area (Å²) >= 11 is 0. The van der Waals surface area contributed by atoms with Gasteiger partial charge in [0, 0.05) is 11.4 Å². The molecule has 0 aromatic heterocycles. The molecule has 1 aliphatic rings. The van der Waals surface area contributed by atoms with Gasteiger partial charge in [0.15, 0.2) is 6.04 Å². The Morgan fingerprint density at radius 1 is 1.07 bits per heavy atom. The van der Waals surface area contributed by atoms with Crippen molar-refractivity contribution in [1.82, 2.24) is 0 Å². The number of nitrogens with zero attached hydrogens (tertiary/aromatic N) is 1. The van der Waals surface area contributed by atoms with Crippen LogP contribution in [0, 0.1) is 13.8 Å². The Morgan fingerprint density at radius 3 is 2.24 bits per heavy atom. The Bertz CT molecular complexity index is 854. The second-order valence-electron chi connectivity index (χ2n) is 7.67. The fraction of sp³-hybridized carbons (Fsp3) is 0.409. The van der Waals surface area contributed by atoms with Crippen LogP contribution in [0.5, 0.6) is 0 Å². The summed E-state index contributed by atoms with van der Waals surface area (Å²) in [5.74, 6) is -0.0371. The number of benzene rings is 2. The van der Waals surface area contributed by atoms with Gasteiger partial charge < -0.3 is 15.1 Å². The lowest BCUT2D eigenvalue weighted by atomic mass is 10.1. The molecule has 2 aromatic carbocycles. The molecule has 29 heavy (non-hydrogen) atoms. The standard InChI is InChI=1S/C22H26F3N3O/c1-15-6-4-7-16(2)20(15)26-21(29)17(3)27-10-12-28(13-11-27)19-9-5-8-18(14-19)22(23,24)25/h4-9,14,17H,10-13H2,1-3H3,(H,26,29)/p+1/t17-/m0/s1. The quantitative estimate of drug-likeness (QED) is 0.819. The summed E-state index contributed by atoms with van der Waals surface area (Å²) in [7, 11) is 0. The molecule has 1 atom stereocenters. The van der Waals surface area contributed by atoms with Crippen LogP contribution in [0.15, 0.2) is 42.5 Å². The second-order valence-corrected chi connectivity index (χ2v) is 7.67. The summed E-state index contributed by atoms with van der Waals surface area (Å²) in [6, 6.07) is 11.1. The SMILES string of the molecule is Cc1cccc(C)c1NC(=O)[C@H](C)[NH+]1CCN(c2cccc(C(F)(F)F)c2)CC1. The number of para-hydroxylation sites is 1. The summed E-state index contributed by atoms with van der Waals surface area (Å²) in [4.78, 5) is 15.8. The number of aryl methyl sites for hydroxylation is 2. The Morgan fingerprint density at radius 2 is 1.66 bits per heavy atom. The van der Waals surface area contributed by atoms with E-state index in [0.29, 0.717) is 31.9 Å². The van der Waals surface area contributed by atoms with Gasteiger partial charge >= 0.3 is 6.18 Å². The maximum atomic E-state index is 13.0. The van der Waals surface area contributed by atoms with E-state index in [0.717, 1.165) is 27.8 Å². The minimum atomic E-state index is -4.34. The van der Waals surface area contributed by atoms with Crippen LogP contribution in [0.25, 0.3) is 0 Å². The Labute approximate surface area is 169 Å². The molecule has 7 heteroatoms. The van der Waals surface area contributed by atoms with Crippen molar-refractivity contribution in [3.8, 4) is 0 Å². The Hall–Kier alpha value is -2.54. The fourth-order valence-electron chi connectivity index (χ4n) is 3.79. The number of quaternary nitrogens is 1. The first-order chi connectivity index (χ1) is 13.7. The molecule has 2 N–H and O–H groups in total. The highest BCUT2D eigenvalue weighted by Crippen LogP contribution is 2.31. The van der Waals surface area contributed by atoms with Gasteiger partial charge in [-0.1, -0.05) is 24.3 Å². The molecule has 1 fully saturated rings. The minimum absolute atomic E-state index is 0.0371. The van der Waals surface area contributed by atoms with Crippen molar-refractivity contribution in [2.45, 2.75) is 33.0 Å². The molecular weight excluding hydrogens is 379 g/mol. The molecule has 0 saturated carbocycles. The maximum absolute atomic E-state index is 13.0. The van der Waals surface area contributed by atoms with Crippen LogP contribution in [0.4, 0.5) is 24.5 Å². The molecule has 1 saturated heterocycles. The zero-order chi connectivity index (χ0) is 21.2. The van der Waals surface area contributed by atoms with Crippen molar-refractivity contribution in [1.29, 1.82) is 0 Å². The zero-order valence-corrected chi connectivity index (χ0v) is 16.9. The van der Waals surface area contributed by atoms with E-state index in [9.17, 15) is 18.0 Å². The molecule has 0 aliphatic carbocycles. The third-order valence-corrected chi connectivity index (χ3v) is 5.68. The van der Waals surface area contributed by atoms with Gasteiger partial charge in [-0.2, -0.15) is 13.2 Å². The lowest BCUT2D eigenvalue weighted by molar-refractivity contribution is -0.914. The first-order valence-corrected chi connectivity index (χ1v) is 9.80. The first kappa shape index (κ1) is 21.2. The highest BCUT2D eigenvalue weighted by Gasteiger charge is 2.32. The van der Waals surface area contributed by atoms with E-state index in [2.05, 4.69) is 5.32 Å². The Balaban J connectivity index is 1.61. The maximum Gasteiger partial charge on any atom is 0.416 e. The summed E-state index contributed by atoms with van der Waals surface area (Å²) in [5, 5.41) is 3.04. The highest BCUT2D eigenvalue weighted by atomic mass is 19.4. The summed E-state index contributed by atoms with van der Waals surface area (Å²) in [6.45, 7) is 8.44. The second kappa shape index (κ2) is 8.45. The largest absolute Gasteiger partial charge is 0.416 e. The molecule has 0 radical (unpaired) electrons. The lowest BCUT2D eigenvalue weighted by Gasteiger charge is -2.36. The van der Waals surface area contributed by atoms with Crippen molar-refractivity contribution in [3.63, 3.8) is 0 Å². The number of rotatable bonds is 4. The number of hydrogen-bond acceptors (Lipinski definition) is 2. The molecule has 4 nitrogen and oxygen atoms in total. The number of alkyl halides is 3. The van der Waals surface area contributed by atoms with Crippen molar-refractivity contribution in [2.24, 2.45) is 0 Å². The van der Waals surface area contributed by atoms with Crippen LogP contribution in [-0.4, -0.2) is 38.1 Å². The van der Waals surface area contributed by atoms with Crippen molar-refractivity contribution in [2.75, 3.05) is 36.4 Å². The number of carbonyl (C=O) groups is 1. The Kier molecular flexibility index (Phi) is 6.17. The minimum Gasteiger partial charge on any atom is -0.360 e. The molecular formula is C22H27F3N3O+. The van der Waals surface area contributed by atoms with E-state index >= 15 is 0 Å². The predicted molar refractivity (Wildman–Crippen MR) is 108 cm³/mol. The smallest absolute Gasteiger partial charge is 0.360 e. The van der Waals surface area contributed by atoms with Crippen molar-refractivity contribution in [3.05, 3.63) is 59.2 Å². The van der Waals surface area contributed by atoms with Gasteiger partial charge in [-0.25, -0.2) is 0 Å². The van der Waals surface area contributed by atoms with Crippen LogP contribution in [0.3, 0.4) is 0 Å². The van der Waals surface area contributed by atoms with E-state index in [4.69, 9.17) is 0 Å². The molecule has 0 bridgehead atoms. The van der Waals surface area contributed by atoms with E-state index < -0.39 is 11.7 Å². The van der Waals surface area contributed by atoms with Crippen LogP contribution in [0.1, 0.15) is 23.6 Å². The van der Waals surface area contributed by atoms with Gasteiger partial charge in [0.25, 0.3) is 5.91 Å². The van der Waals surface area contributed by atoms with Gasteiger partial charge in [0.1, 0.15) is 0 Å². The lowest BCUT2D eigenvalue weighted by Crippen LogP contribution is -3.19. The van der Waals surface area contributed by atoms with Gasteiger partial charge in [0.05, 0.1) is 31.7 Å². The summed E-state index contributed by atoms with van der Waals surface area (Å²) in [6.07, 6.45) is -4.34. The summed E-state index contributed by atoms with van der Waals surface area (Å²) in [5.41, 5.74) is 2.84. The van der Waals surface area contributed by atoms with Crippen LogP contribution in [-0.2, 0) is 11.0 Å². The molecule has 1 heterocycles. The van der Waals surface area contributed by atoms with Crippen LogP contribution >= 0.6 is 0 Å². The topological polar surface area (TPSA) is 36.8 Å². The molecule has 3 rings (SSSR count). The molecule has 0 spiro atoms. The average molecular weight is 406 g/mol. The van der Waals surface area contributed by atoms with E-state index in [1.54, 1.807) is 6.07 Å². The first-order valence-electron chi connectivity index (χ1n) is 9.80. The number of piperazine rings is 1. The average Bonchev–Trinajstić information content (AvgIpc) is 2.70. The van der Waals surface area contributed by atoms with Gasteiger partial charge in [-0.15, -0.1) is 0 Å². The number of nitrogens with one attached hydrogen (secondary N) is 2. The third kappa shape index (κ3) is 4.90. The van der Waals surface area contributed by atoms with Gasteiger partial charge in [-0.05, 0) is 50.1 Å². The number of halogens is 3. The van der Waals surface area contributed by atoms with Gasteiger partial charge in [-0.3, -0.25) is 4.79 Å². The predicted octanol–water partition coefficient (Wildman–Crippen LogP) is 3.05. The monoisotopic (exact) mass is 406 g/mol. The van der Waals surface area contributed by atoms with E-state index in [1.165, 1.54) is 12.1 Å². The molecule has 1 aliphatic heterocycles. The number of amides is 1. The van der Waals surface area contributed by atoms with Crippen LogP contribution < -0.4 is 15.1 Å².